The largest absolute Gasteiger partial charge is 0.352 e. The average molecular weight is 365 g/mol. The standard InChI is InChI=1S/C16H19N3O3S2/c1-12-18-14(11-23-12)6-7-17-16(20)13-4-2-5-15(10-13)19-8-3-9-24(19,21)22/h2,4-5,10-11H,3,6-9H2,1H3,(H,17,20). The minimum atomic E-state index is -3.24. The van der Waals surface area contributed by atoms with E-state index in [9.17, 15) is 13.2 Å². The van der Waals surface area contributed by atoms with Crippen molar-refractivity contribution < 1.29 is 13.2 Å². The van der Waals surface area contributed by atoms with Gasteiger partial charge in [0.2, 0.25) is 10.0 Å². The van der Waals surface area contributed by atoms with Crippen molar-refractivity contribution in [1.82, 2.24) is 10.3 Å². The number of hydrogen-bond donors (Lipinski definition) is 1. The Labute approximate surface area is 145 Å². The van der Waals surface area contributed by atoms with Crippen LogP contribution in [0.15, 0.2) is 29.6 Å². The number of carbonyl (C=O) groups is 1. The smallest absolute Gasteiger partial charge is 0.251 e. The van der Waals surface area contributed by atoms with Gasteiger partial charge in [0.25, 0.3) is 5.91 Å². The monoisotopic (exact) mass is 365 g/mol. The second-order valence-electron chi connectivity index (χ2n) is 5.66. The maximum absolute atomic E-state index is 12.3. The van der Waals surface area contributed by atoms with E-state index in [1.807, 2.05) is 12.3 Å². The number of nitrogens with zero attached hydrogens (tertiary/aromatic N) is 2. The summed E-state index contributed by atoms with van der Waals surface area (Å²) in [7, 11) is -3.24. The van der Waals surface area contributed by atoms with E-state index in [-0.39, 0.29) is 11.7 Å². The van der Waals surface area contributed by atoms with Crippen LogP contribution in [0.25, 0.3) is 0 Å². The summed E-state index contributed by atoms with van der Waals surface area (Å²) in [6.07, 6.45) is 1.29. The molecule has 24 heavy (non-hydrogen) atoms. The first kappa shape index (κ1) is 16.9. The fourth-order valence-corrected chi connectivity index (χ4v) is 4.86. The first-order valence-electron chi connectivity index (χ1n) is 7.75. The van der Waals surface area contributed by atoms with Gasteiger partial charge in [-0.3, -0.25) is 9.10 Å². The molecule has 0 unspecified atom stereocenters. The fraction of sp³-hybridized carbons (Fsp3) is 0.375. The van der Waals surface area contributed by atoms with Gasteiger partial charge < -0.3 is 5.32 Å². The van der Waals surface area contributed by atoms with Gasteiger partial charge in [0.15, 0.2) is 0 Å². The van der Waals surface area contributed by atoms with Crippen molar-refractivity contribution in [2.24, 2.45) is 0 Å². The number of aryl methyl sites for hydroxylation is 1. The summed E-state index contributed by atoms with van der Waals surface area (Å²) in [5, 5.41) is 5.85. The summed E-state index contributed by atoms with van der Waals surface area (Å²) in [6.45, 7) is 2.91. The van der Waals surface area contributed by atoms with Gasteiger partial charge in [-0.2, -0.15) is 0 Å². The molecule has 1 aliphatic rings. The van der Waals surface area contributed by atoms with Crippen molar-refractivity contribution in [2.45, 2.75) is 19.8 Å². The Hall–Kier alpha value is -1.93. The SMILES string of the molecule is Cc1nc(CCNC(=O)c2cccc(N3CCCS3(=O)=O)c2)cs1. The van der Waals surface area contributed by atoms with E-state index in [2.05, 4.69) is 10.3 Å². The van der Waals surface area contributed by atoms with Gasteiger partial charge in [-0.25, -0.2) is 13.4 Å². The lowest BCUT2D eigenvalue weighted by Crippen LogP contribution is -2.27. The number of amides is 1. The van der Waals surface area contributed by atoms with E-state index < -0.39 is 10.0 Å². The van der Waals surface area contributed by atoms with Gasteiger partial charge >= 0.3 is 0 Å². The van der Waals surface area contributed by atoms with Crippen molar-refractivity contribution in [1.29, 1.82) is 0 Å². The summed E-state index contributed by atoms with van der Waals surface area (Å²) in [5.41, 5.74) is 1.98. The number of aromatic nitrogens is 1. The van der Waals surface area contributed by atoms with Crippen molar-refractivity contribution in [3.05, 3.63) is 45.9 Å². The molecule has 6 nitrogen and oxygen atoms in total. The van der Waals surface area contributed by atoms with Crippen LogP contribution in [0.1, 0.15) is 27.5 Å². The molecule has 0 saturated carbocycles. The summed E-state index contributed by atoms with van der Waals surface area (Å²) < 4.78 is 25.4. The van der Waals surface area contributed by atoms with Crippen LogP contribution in [-0.2, 0) is 16.4 Å². The van der Waals surface area contributed by atoms with E-state index in [1.54, 1.807) is 35.6 Å². The second-order valence-corrected chi connectivity index (χ2v) is 8.73. The van der Waals surface area contributed by atoms with Crippen molar-refractivity contribution >= 4 is 33.0 Å². The quantitative estimate of drug-likeness (QED) is 0.878. The third-order valence-corrected chi connectivity index (χ3v) is 6.52. The lowest BCUT2D eigenvalue weighted by atomic mass is 10.2. The number of thiazole rings is 1. The first-order chi connectivity index (χ1) is 11.5. The predicted octanol–water partition coefficient (Wildman–Crippen LogP) is 1.96. The fourth-order valence-electron chi connectivity index (χ4n) is 2.66. The normalized spacial score (nSPS) is 16.3. The van der Waals surface area contributed by atoms with E-state index >= 15 is 0 Å². The van der Waals surface area contributed by atoms with E-state index in [0.29, 0.717) is 37.2 Å². The van der Waals surface area contributed by atoms with Crippen LogP contribution in [0, 0.1) is 6.92 Å². The van der Waals surface area contributed by atoms with Crippen LogP contribution in [0.5, 0.6) is 0 Å². The Kier molecular flexibility index (Phi) is 4.86. The molecule has 1 amide bonds. The van der Waals surface area contributed by atoms with E-state index in [0.717, 1.165) is 10.7 Å². The summed E-state index contributed by atoms with van der Waals surface area (Å²) >= 11 is 1.59. The molecule has 1 fully saturated rings. The van der Waals surface area contributed by atoms with Crippen molar-refractivity contribution in [3.8, 4) is 0 Å². The molecule has 1 aromatic carbocycles. The number of nitrogens with one attached hydrogen (secondary N) is 1. The molecule has 1 aromatic heterocycles. The molecule has 0 atom stereocenters. The number of benzene rings is 1. The highest BCUT2D eigenvalue weighted by Crippen LogP contribution is 2.24. The lowest BCUT2D eigenvalue weighted by Gasteiger charge is -2.17. The Bertz CT molecular complexity index is 846. The van der Waals surface area contributed by atoms with E-state index in [4.69, 9.17) is 0 Å². The van der Waals surface area contributed by atoms with Crippen molar-refractivity contribution in [3.63, 3.8) is 0 Å². The number of hydrogen-bond acceptors (Lipinski definition) is 5. The number of sulfonamides is 1. The zero-order valence-electron chi connectivity index (χ0n) is 13.4. The Morgan fingerprint density at radius 1 is 1.42 bits per heavy atom. The molecular formula is C16H19N3O3S2. The van der Waals surface area contributed by atoms with Gasteiger partial charge in [0, 0.05) is 30.5 Å². The first-order valence-corrected chi connectivity index (χ1v) is 10.2. The number of carbonyl (C=O) groups excluding carboxylic acids is 1. The maximum Gasteiger partial charge on any atom is 0.251 e. The van der Waals surface area contributed by atoms with E-state index in [1.165, 1.54) is 4.31 Å². The molecule has 2 aromatic rings. The van der Waals surface area contributed by atoms with Gasteiger partial charge in [0.05, 0.1) is 22.1 Å². The van der Waals surface area contributed by atoms with Gasteiger partial charge in [0.1, 0.15) is 0 Å². The maximum atomic E-state index is 12.3. The Morgan fingerprint density at radius 2 is 2.25 bits per heavy atom. The molecule has 8 heteroatoms. The number of anilines is 1. The highest BCUT2D eigenvalue weighted by atomic mass is 32.2. The molecule has 1 N–H and O–H groups in total. The van der Waals surface area contributed by atoms with Crippen LogP contribution >= 0.6 is 11.3 Å². The molecule has 1 saturated heterocycles. The third kappa shape index (κ3) is 3.76. The third-order valence-electron chi connectivity index (χ3n) is 3.83. The van der Waals surface area contributed by atoms with Crippen LogP contribution in [0.4, 0.5) is 5.69 Å². The van der Waals surface area contributed by atoms with Gasteiger partial charge in [-0.1, -0.05) is 6.07 Å². The van der Waals surface area contributed by atoms with Crippen LogP contribution in [0.2, 0.25) is 0 Å². The highest BCUT2D eigenvalue weighted by Gasteiger charge is 2.28. The summed E-state index contributed by atoms with van der Waals surface area (Å²) in [5.74, 6) is -0.0448. The molecule has 2 heterocycles. The minimum absolute atomic E-state index is 0.163. The molecule has 0 bridgehead atoms. The zero-order valence-corrected chi connectivity index (χ0v) is 15.0. The number of rotatable bonds is 5. The minimum Gasteiger partial charge on any atom is -0.352 e. The molecule has 0 aliphatic carbocycles. The van der Waals surface area contributed by atoms with Crippen LogP contribution in [0.3, 0.4) is 0 Å². The predicted molar refractivity (Wildman–Crippen MR) is 95.1 cm³/mol. The van der Waals surface area contributed by atoms with Gasteiger partial charge in [-0.05, 0) is 31.5 Å². The summed E-state index contributed by atoms with van der Waals surface area (Å²) in [6, 6.07) is 6.75. The highest BCUT2D eigenvalue weighted by molar-refractivity contribution is 7.93. The Balaban J connectivity index is 1.64. The average Bonchev–Trinajstić information content (AvgIpc) is 3.12. The Morgan fingerprint density at radius 3 is 2.92 bits per heavy atom. The van der Waals surface area contributed by atoms with Crippen LogP contribution in [-0.4, -0.2) is 38.2 Å². The lowest BCUT2D eigenvalue weighted by molar-refractivity contribution is 0.0954. The molecule has 1 aliphatic heterocycles. The molecule has 0 spiro atoms. The van der Waals surface area contributed by atoms with Crippen LogP contribution < -0.4 is 9.62 Å². The molecule has 0 radical (unpaired) electrons. The zero-order chi connectivity index (χ0) is 17.2. The van der Waals surface area contributed by atoms with Crippen molar-refractivity contribution in [2.75, 3.05) is 23.1 Å². The second kappa shape index (κ2) is 6.90. The molecule has 3 rings (SSSR count). The molecular weight excluding hydrogens is 346 g/mol. The van der Waals surface area contributed by atoms with Gasteiger partial charge in [-0.15, -0.1) is 11.3 Å². The summed E-state index contributed by atoms with van der Waals surface area (Å²) in [4.78, 5) is 16.6. The topological polar surface area (TPSA) is 79.4 Å². The molecule has 128 valence electrons.